The van der Waals surface area contributed by atoms with Gasteiger partial charge in [-0.2, -0.15) is 0 Å². The minimum absolute atomic E-state index is 0.100. The van der Waals surface area contributed by atoms with Crippen LogP contribution in [0.5, 0.6) is 5.75 Å². The van der Waals surface area contributed by atoms with Crippen molar-refractivity contribution in [3.8, 4) is 5.75 Å². The van der Waals surface area contributed by atoms with E-state index in [-0.39, 0.29) is 18.9 Å². The quantitative estimate of drug-likeness (QED) is 0.775. The average Bonchev–Trinajstić information content (AvgIpc) is 2.47. The number of benzene rings is 2. The van der Waals surface area contributed by atoms with Crippen molar-refractivity contribution in [1.29, 1.82) is 0 Å². The molecule has 0 aromatic heterocycles. The van der Waals surface area contributed by atoms with E-state index in [4.69, 9.17) is 16.3 Å². The molecule has 0 bridgehead atoms. The summed E-state index contributed by atoms with van der Waals surface area (Å²) in [5.74, 6) is 0.638. The number of sulfonamides is 1. The zero-order valence-corrected chi connectivity index (χ0v) is 14.7. The van der Waals surface area contributed by atoms with Crippen LogP contribution in [-0.4, -0.2) is 21.6 Å². The largest absolute Gasteiger partial charge is 0.492 e. The first kappa shape index (κ1) is 17.8. The molecule has 0 radical (unpaired) electrons. The topological polar surface area (TPSA) is 55.4 Å². The Morgan fingerprint density at radius 3 is 2.57 bits per heavy atom. The summed E-state index contributed by atoms with van der Waals surface area (Å²) >= 11 is 5.86. The third-order valence-corrected chi connectivity index (χ3v) is 5.01. The van der Waals surface area contributed by atoms with Crippen molar-refractivity contribution in [2.75, 3.05) is 13.2 Å². The lowest BCUT2D eigenvalue weighted by molar-refractivity contribution is 0.322. The molecule has 23 heavy (non-hydrogen) atoms. The van der Waals surface area contributed by atoms with Crippen molar-refractivity contribution < 1.29 is 13.2 Å². The van der Waals surface area contributed by atoms with Gasteiger partial charge >= 0.3 is 0 Å². The van der Waals surface area contributed by atoms with E-state index in [0.717, 1.165) is 11.3 Å². The smallest absolute Gasteiger partial charge is 0.215 e. The SMILES string of the molecule is Cc1ccc(OCCNS(=O)(=O)Cc2cccc(Cl)c2)cc1C. The predicted molar refractivity (Wildman–Crippen MR) is 93.5 cm³/mol. The molecule has 0 aliphatic rings. The van der Waals surface area contributed by atoms with E-state index in [9.17, 15) is 8.42 Å². The lowest BCUT2D eigenvalue weighted by Crippen LogP contribution is -2.29. The van der Waals surface area contributed by atoms with Crippen molar-refractivity contribution in [3.63, 3.8) is 0 Å². The van der Waals surface area contributed by atoms with Crippen LogP contribution in [0.3, 0.4) is 0 Å². The molecular formula is C17H20ClNO3S. The van der Waals surface area contributed by atoms with Gasteiger partial charge in [0, 0.05) is 11.6 Å². The minimum Gasteiger partial charge on any atom is -0.492 e. The molecule has 2 rings (SSSR count). The molecule has 6 heteroatoms. The van der Waals surface area contributed by atoms with Crippen LogP contribution in [0.4, 0.5) is 0 Å². The molecule has 0 amide bonds. The molecule has 4 nitrogen and oxygen atoms in total. The van der Waals surface area contributed by atoms with Crippen LogP contribution >= 0.6 is 11.6 Å². The average molecular weight is 354 g/mol. The van der Waals surface area contributed by atoms with E-state index in [1.807, 2.05) is 32.0 Å². The second kappa shape index (κ2) is 7.81. The fraction of sp³-hybridized carbons (Fsp3) is 0.294. The van der Waals surface area contributed by atoms with Gasteiger partial charge in [0.1, 0.15) is 12.4 Å². The van der Waals surface area contributed by atoms with E-state index in [2.05, 4.69) is 4.72 Å². The molecule has 0 saturated heterocycles. The number of hydrogen-bond acceptors (Lipinski definition) is 3. The van der Waals surface area contributed by atoms with E-state index in [1.165, 1.54) is 5.56 Å². The Labute approximate surface area is 142 Å². The first-order valence-electron chi connectivity index (χ1n) is 7.27. The number of aryl methyl sites for hydroxylation is 2. The normalized spacial score (nSPS) is 11.4. The Hall–Kier alpha value is -1.56. The van der Waals surface area contributed by atoms with Crippen LogP contribution in [0.1, 0.15) is 16.7 Å². The van der Waals surface area contributed by atoms with E-state index >= 15 is 0 Å². The first-order valence-corrected chi connectivity index (χ1v) is 9.30. The Bertz CT molecular complexity index is 775. The summed E-state index contributed by atoms with van der Waals surface area (Å²) in [7, 11) is -3.41. The van der Waals surface area contributed by atoms with Crippen molar-refractivity contribution >= 4 is 21.6 Å². The highest BCUT2D eigenvalue weighted by molar-refractivity contribution is 7.88. The van der Waals surface area contributed by atoms with Gasteiger partial charge in [0.25, 0.3) is 0 Å². The van der Waals surface area contributed by atoms with Gasteiger partial charge < -0.3 is 4.74 Å². The molecule has 2 aromatic rings. The van der Waals surface area contributed by atoms with E-state index in [1.54, 1.807) is 24.3 Å². The van der Waals surface area contributed by atoms with Crippen LogP contribution in [0.15, 0.2) is 42.5 Å². The lowest BCUT2D eigenvalue weighted by Gasteiger charge is -2.10. The summed E-state index contributed by atoms with van der Waals surface area (Å²) in [6.07, 6.45) is 0. The molecule has 0 atom stereocenters. The summed E-state index contributed by atoms with van der Waals surface area (Å²) in [6, 6.07) is 12.6. The number of ether oxygens (including phenoxy) is 1. The molecule has 0 heterocycles. The standard InChI is InChI=1S/C17H20ClNO3S/c1-13-6-7-17(10-14(13)2)22-9-8-19-23(20,21)12-15-4-3-5-16(18)11-15/h3-7,10-11,19H,8-9,12H2,1-2H3. The fourth-order valence-electron chi connectivity index (χ4n) is 2.07. The number of nitrogens with one attached hydrogen (secondary N) is 1. The van der Waals surface area contributed by atoms with Crippen LogP contribution in [0, 0.1) is 13.8 Å². The molecule has 0 aliphatic heterocycles. The molecule has 0 saturated carbocycles. The molecule has 0 fully saturated rings. The number of rotatable bonds is 7. The number of halogens is 1. The highest BCUT2D eigenvalue weighted by atomic mass is 35.5. The maximum atomic E-state index is 12.0. The highest BCUT2D eigenvalue weighted by Gasteiger charge is 2.11. The zero-order valence-electron chi connectivity index (χ0n) is 13.2. The Morgan fingerprint density at radius 1 is 1.09 bits per heavy atom. The third kappa shape index (κ3) is 5.86. The van der Waals surface area contributed by atoms with Crippen molar-refractivity contribution in [2.24, 2.45) is 0 Å². The molecule has 0 unspecified atom stereocenters. The van der Waals surface area contributed by atoms with Gasteiger partial charge in [-0.3, -0.25) is 0 Å². The zero-order chi connectivity index (χ0) is 16.9. The fourth-order valence-corrected chi connectivity index (χ4v) is 3.39. The van der Waals surface area contributed by atoms with Gasteiger partial charge in [0.2, 0.25) is 10.0 Å². The molecule has 2 aromatic carbocycles. The second-order valence-corrected chi connectivity index (χ2v) is 7.62. The second-order valence-electron chi connectivity index (χ2n) is 5.38. The van der Waals surface area contributed by atoms with Gasteiger partial charge in [-0.25, -0.2) is 13.1 Å². The summed E-state index contributed by atoms with van der Waals surface area (Å²) in [4.78, 5) is 0. The van der Waals surface area contributed by atoms with Crippen LogP contribution in [-0.2, 0) is 15.8 Å². The lowest BCUT2D eigenvalue weighted by atomic mass is 10.1. The number of hydrogen-bond donors (Lipinski definition) is 1. The monoisotopic (exact) mass is 353 g/mol. The van der Waals surface area contributed by atoms with Crippen molar-refractivity contribution in [3.05, 3.63) is 64.2 Å². The Balaban J connectivity index is 1.81. The van der Waals surface area contributed by atoms with Crippen LogP contribution < -0.4 is 9.46 Å². The van der Waals surface area contributed by atoms with Crippen LogP contribution in [0.25, 0.3) is 0 Å². The Morgan fingerprint density at radius 2 is 1.87 bits per heavy atom. The third-order valence-electron chi connectivity index (χ3n) is 3.42. The van der Waals surface area contributed by atoms with E-state index < -0.39 is 10.0 Å². The summed E-state index contributed by atoms with van der Waals surface area (Å²) in [5, 5.41) is 0.524. The van der Waals surface area contributed by atoms with E-state index in [0.29, 0.717) is 10.6 Å². The Kier molecular flexibility index (Phi) is 6.04. The van der Waals surface area contributed by atoms with Gasteiger partial charge in [0.15, 0.2) is 0 Å². The maximum absolute atomic E-state index is 12.0. The molecule has 124 valence electrons. The highest BCUT2D eigenvalue weighted by Crippen LogP contribution is 2.16. The molecule has 1 N–H and O–H groups in total. The van der Waals surface area contributed by atoms with Gasteiger partial charge in [-0.1, -0.05) is 29.8 Å². The predicted octanol–water partition coefficient (Wildman–Crippen LogP) is 3.46. The van der Waals surface area contributed by atoms with Crippen molar-refractivity contribution in [2.45, 2.75) is 19.6 Å². The van der Waals surface area contributed by atoms with Gasteiger partial charge in [0.05, 0.1) is 5.75 Å². The summed E-state index contributed by atoms with van der Waals surface area (Å²) < 4.78 is 32.1. The van der Waals surface area contributed by atoms with Crippen molar-refractivity contribution in [1.82, 2.24) is 4.72 Å². The summed E-state index contributed by atoms with van der Waals surface area (Å²) in [6.45, 7) is 4.53. The summed E-state index contributed by atoms with van der Waals surface area (Å²) in [5.41, 5.74) is 2.99. The van der Waals surface area contributed by atoms with Gasteiger partial charge in [-0.15, -0.1) is 0 Å². The molecule has 0 spiro atoms. The molecular weight excluding hydrogens is 334 g/mol. The first-order chi connectivity index (χ1) is 10.9. The minimum atomic E-state index is -3.41. The van der Waals surface area contributed by atoms with Gasteiger partial charge in [-0.05, 0) is 54.8 Å². The molecule has 0 aliphatic carbocycles. The van der Waals surface area contributed by atoms with Crippen LogP contribution in [0.2, 0.25) is 5.02 Å². The maximum Gasteiger partial charge on any atom is 0.215 e.